The number of sulfonamides is 1. The molecule has 0 atom stereocenters. The first-order valence-electron chi connectivity index (χ1n) is 7.48. The van der Waals surface area contributed by atoms with Crippen LogP contribution >= 0.6 is 0 Å². The molecule has 0 bridgehead atoms. The van der Waals surface area contributed by atoms with Crippen LogP contribution in [0.1, 0.15) is 65.7 Å². The van der Waals surface area contributed by atoms with Crippen LogP contribution in [0.4, 0.5) is 4.79 Å². The van der Waals surface area contributed by atoms with Crippen molar-refractivity contribution in [3.63, 3.8) is 0 Å². The lowest BCUT2D eigenvalue weighted by Gasteiger charge is -2.22. The largest absolute Gasteiger partial charge is 0.443 e. The van der Waals surface area contributed by atoms with Crippen molar-refractivity contribution in [1.82, 2.24) is 4.72 Å². The zero-order valence-electron chi connectivity index (χ0n) is 13.3. The van der Waals surface area contributed by atoms with Gasteiger partial charge in [-0.05, 0) is 52.9 Å². The third-order valence-electron chi connectivity index (χ3n) is 3.53. The second kappa shape index (κ2) is 6.81. The third-order valence-corrected chi connectivity index (χ3v) is 5.72. The minimum Gasteiger partial charge on any atom is -0.443 e. The van der Waals surface area contributed by atoms with Crippen LogP contribution in [0.5, 0.6) is 0 Å². The van der Waals surface area contributed by atoms with Crippen molar-refractivity contribution in [3.8, 4) is 0 Å². The van der Waals surface area contributed by atoms with Crippen LogP contribution in [0.2, 0.25) is 0 Å². The highest BCUT2D eigenvalue weighted by Gasteiger charge is 2.54. The van der Waals surface area contributed by atoms with Crippen LogP contribution < -0.4 is 4.72 Å². The molecule has 1 aliphatic carbocycles. The number of nitrogens with one attached hydrogen (secondary N) is 1. The van der Waals surface area contributed by atoms with Gasteiger partial charge in [0.05, 0.1) is 4.75 Å². The monoisotopic (exact) mass is 317 g/mol. The Morgan fingerprint density at radius 1 is 1.29 bits per heavy atom. The maximum absolute atomic E-state index is 12.3. The normalized spacial score (nSPS) is 17.1. The summed E-state index contributed by atoms with van der Waals surface area (Å²) in [6.45, 7) is 8.76. The first-order chi connectivity index (χ1) is 9.62. The summed E-state index contributed by atoms with van der Waals surface area (Å²) in [6.07, 6.45) is 6.63. The van der Waals surface area contributed by atoms with Crippen LogP contribution in [0, 0.1) is 0 Å². The second-order valence-corrected chi connectivity index (χ2v) is 8.76. The summed E-state index contributed by atoms with van der Waals surface area (Å²) in [7, 11) is -3.66. The minimum atomic E-state index is -3.66. The molecular formula is C15H27NO4S. The van der Waals surface area contributed by atoms with Crippen molar-refractivity contribution >= 4 is 16.1 Å². The maximum Gasteiger partial charge on any atom is 0.421 e. The van der Waals surface area contributed by atoms with Crippen molar-refractivity contribution in [2.24, 2.45) is 0 Å². The zero-order chi connectivity index (χ0) is 16.1. The molecule has 5 nitrogen and oxygen atoms in total. The number of hydrogen-bond donors (Lipinski definition) is 1. The quantitative estimate of drug-likeness (QED) is 0.549. The van der Waals surface area contributed by atoms with E-state index in [0.717, 1.165) is 25.7 Å². The van der Waals surface area contributed by atoms with E-state index in [2.05, 4.69) is 11.3 Å². The molecule has 122 valence electrons. The van der Waals surface area contributed by atoms with Crippen LogP contribution in [0.15, 0.2) is 12.7 Å². The summed E-state index contributed by atoms with van der Waals surface area (Å²) < 4.78 is 30.9. The molecule has 1 saturated carbocycles. The van der Waals surface area contributed by atoms with Gasteiger partial charge in [-0.2, -0.15) is 0 Å². The Morgan fingerprint density at radius 2 is 1.90 bits per heavy atom. The molecule has 0 aromatic rings. The predicted octanol–water partition coefficient (Wildman–Crippen LogP) is 3.51. The molecule has 1 N–H and O–H groups in total. The summed E-state index contributed by atoms with van der Waals surface area (Å²) in [5.41, 5.74) is -0.707. The van der Waals surface area contributed by atoms with Crippen LogP contribution in [0.25, 0.3) is 0 Å². The first-order valence-corrected chi connectivity index (χ1v) is 8.96. The fourth-order valence-electron chi connectivity index (χ4n) is 2.22. The number of rotatable bonds is 8. The lowest BCUT2D eigenvalue weighted by molar-refractivity contribution is 0.0569. The Hall–Kier alpha value is -1.04. The molecule has 1 fully saturated rings. The molecule has 1 rings (SSSR count). The fraction of sp³-hybridized carbons (Fsp3) is 0.800. The first kappa shape index (κ1) is 18.0. The van der Waals surface area contributed by atoms with Crippen molar-refractivity contribution in [1.29, 1.82) is 0 Å². The summed E-state index contributed by atoms with van der Waals surface area (Å²) in [6, 6.07) is 0. The highest BCUT2D eigenvalue weighted by Crippen LogP contribution is 2.47. The van der Waals surface area contributed by atoms with E-state index in [4.69, 9.17) is 4.74 Å². The van der Waals surface area contributed by atoms with Gasteiger partial charge in [-0.3, -0.25) is 0 Å². The molecule has 1 amide bonds. The second-order valence-electron chi connectivity index (χ2n) is 6.68. The van der Waals surface area contributed by atoms with Crippen molar-refractivity contribution in [3.05, 3.63) is 12.7 Å². The van der Waals surface area contributed by atoms with Gasteiger partial charge >= 0.3 is 6.09 Å². The minimum absolute atomic E-state index is 0.599. The molecule has 0 radical (unpaired) electrons. The van der Waals surface area contributed by atoms with Gasteiger partial charge in [-0.1, -0.05) is 18.9 Å². The van der Waals surface area contributed by atoms with E-state index < -0.39 is 26.5 Å². The van der Waals surface area contributed by atoms with Gasteiger partial charge in [-0.25, -0.2) is 17.9 Å². The van der Waals surface area contributed by atoms with E-state index in [-0.39, 0.29) is 0 Å². The van der Waals surface area contributed by atoms with Crippen LogP contribution in [-0.4, -0.2) is 24.9 Å². The average molecular weight is 317 g/mol. The predicted molar refractivity (Wildman–Crippen MR) is 83.5 cm³/mol. The van der Waals surface area contributed by atoms with Gasteiger partial charge in [-0.15, -0.1) is 6.58 Å². The number of ether oxygens (including phenoxy) is 1. The third kappa shape index (κ3) is 5.69. The van der Waals surface area contributed by atoms with Gasteiger partial charge in [0, 0.05) is 0 Å². The molecule has 1 aliphatic rings. The Morgan fingerprint density at radius 3 is 2.38 bits per heavy atom. The highest BCUT2D eigenvalue weighted by molar-refractivity contribution is 7.91. The molecule has 6 heteroatoms. The van der Waals surface area contributed by atoms with Crippen LogP contribution in [-0.2, 0) is 14.8 Å². The maximum atomic E-state index is 12.3. The topological polar surface area (TPSA) is 72.5 Å². The van der Waals surface area contributed by atoms with E-state index in [1.807, 2.05) is 6.08 Å². The number of carbonyl (C=O) groups excluding carboxylic acids is 1. The molecule has 0 unspecified atom stereocenters. The molecule has 0 spiro atoms. The van der Waals surface area contributed by atoms with Gasteiger partial charge < -0.3 is 4.74 Å². The van der Waals surface area contributed by atoms with E-state index in [9.17, 15) is 13.2 Å². The number of allylic oxidation sites excluding steroid dienone is 1. The molecular weight excluding hydrogens is 290 g/mol. The zero-order valence-corrected chi connectivity index (χ0v) is 14.1. The smallest absolute Gasteiger partial charge is 0.421 e. The van der Waals surface area contributed by atoms with Crippen LogP contribution in [0.3, 0.4) is 0 Å². The summed E-state index contributed by atoms with van der Waals surface area (Å²) in [4.78, 5) is 11.6. The summed E-state index contributed by atoms with van der Waals surface area (Å²) >= 11 is 0. The SMILES string of the molecule is C=CCCCCCC1(S(=O)(=O)NC(=O)OC(C)(C)C)CC1. The average Bonchev–Trinajstić information content (AvgIpc) is 3.06. The summed E-state index contributed by atoms with van der Waals surface area (Å²) in [5.74, 6) is 0. The number of amides is 1. The van der Waals surface area contributed by atoms with Crippen molar-refractivity contribution in [2.75, 3.05) is 0 Å². The lowest BCUT2D eigenvalue weighted by atomic mass is 10.1. The van der Waals surface area contributed by atoms with Gasteiger partial charge in [0.2, 0.25) is 10.0 Å². The lowest BCUT2D eigenvalue weighted by Crippen LogP contribution is -2.42. The number of carbonyl (C=O) groups is 1. The molecule has 0 aromatic heterocycles. The Kier molecular flexibility index (Phi) is 5.84. The molecule has 21 heavy (non-hydrogen) atoms. The standard InChI is InChI=1S/C15H27NO4S/c1-5-6-7-8-9-10-15(11-12-15)21(18,19)16-13(17)20-14(2,3)4/h5H,1,6-12H2,2-4H3,(H,16,17). The number of unbranched alkanes of at least 4 members (excludes halogenated alkanes) is 3. The van der Waals surface area contributed by atoms with E-state index in [1.165, 1.54) is 0 Å². The highest BCUT2D eigenvalue weighted by atomic mass is 32.2. The Balaban J connectivity index is 2.49. The van der Waals surface area contributed by atoms with E-state index in [1.54, 1.807) is 20.8 Å². The summed E-state index contributed by atoms with van der Waals surface area (Å²) in [5, 5.41) is 0. The Bertz CT molecular complexity index is 472. The fourth-order valence-corrected chi connectivity index (χ4v) is 3.75. The van der Waals surface area contributed by atoms with Gasteiger partial charge in [0.15, 0.2) is 0 Å². The van der Waals surface area contributed by atoms with E-state index >= 15 is 0 Å². The van der Waals surface area contributed by atoms with Gasteiger partial charge in [0.25, 0.3) is 0 Å². The van der Waals surface area contributed by atoms with Crippen molar-refractivity contribution < 1.29 is 17.9 Å². The van der Waals surface area contributed by atoms with Gasteiger partial charge in [0.1, 0.15) is 5.60 Å². The molecule has 0 aromatic carbocycles. The Labute approximate surface area is 128 Å². The van der Waals surface area contributed by atoms with Crippen molar-refractivity contribution in [2.45, 2.75) is 76.1 Å². The molecule has 0 heterocycles. The molecule has 0 saturated heterocycles. The van der Waals surface area contributed by atoms with E-state index in [0.29, 0.717) is 19.3 Å². The molecule has 0 aliphatic heterocycles. The number of hydrogen-bond acceptors (Lipinski definition) is 4.